The maximum absolute atomic E-state index is 5.35. The molecule has 0 atom stereocenters. The van der Waals surface area contributed by atoms with Gasteiger partial charge in [-0.3, -0.25) is 4.68 Å². The number of guanidine groups is 1. The topological polar surface area (TPSA) is 67.4 Å². The molecule has 0 bridgehead atoms. The van der Waals surface area contributed by atoms with E-state index in [9.17, 15) is 0 Å². The Hall–Kier alpha value is -1.77. The van der Waals surface area contributed by atoms with Gasteiger partial charge in [-0.05, 0) is 25.5 Å². The molecular weight excluding hydrogens is 429 g/mol. The van der Waals surface area contributed by atoms with E-state index in [-0.39, 0.29) is 24.0 Å². The predicted molar refractivity (Wildman–Crippen MR) is 112 cm³/mol. The van der Waals surface area contributed by atoms with Gasteiger partial charge in [-0.1, -0.05) is 19.1 Å². The summed E-state index contributed by atoms with van der Waals surface area (Å²) in [5, 5.41) is 11.1. The monoisotopic (exact) mass is 457 g/mol. The molecule has 0 radical (unpaired) electrons. The smallest absolute Gasteiger partial charge is 0.191 e. The summed E-state index contributed by atoms with van der Waals surface area (Å²) in [5.41, 5.74) is 3.31. The summed E-state index contributed by atoms with van der Waals surface area (Å²) >= 11 is 0. The van der Waals surface area contributed by atoms with Gasteiger partial charge in [0.25, 0.3) is 0 Å². The predicted octanol–water partition coefficient (Wildman–Crippen LogP) is 3.05. The van der Waals surface area contributed by atoms with Gasteiger partial charge in [-0.25, -0.2) is 4.99 Å². The quantitative estimate of drug-likeness (QED) is 0.277. The first kappa shape index (κ1) is 21.3. The SMILES string of the molecule is C=C(C)CNC(=NCc1cn(C)nc1CC)NCCc1ccco1.I. The molecule has 0 unspecified atom stereocenters. The molecule has 6 nitrogen and oxygen atoms in total. The minimum absolute atomic E-state index is 0. The van der Waals surface area contributed by atoms with Gasteiger partial charge in [-0.15, -0.1) is 24.0 Å². The number of aryl methyl sites for hydroxylation is 2. The first-order valence-electron chi connectivity index (χ1n) is 8.28. The molecule has 0 amide bonds. The first-order chi connectivity index (χ1) is 11.6. The fourth-order valence-electron chi connectivity index (χ4n) is 2.35. The molecule has 0 fully saturated rings. The summed E-state index contributed by atoms with van der Waals surface area (Å²) in [6.45, 7) is 10.1. The zero-order valence-corrected chi connectivity index (χ0v) is 17.5. The van der Waals surface area contributed by atoms with Gasteiger partial charge in [0.1, 0.15) is 5.76 Å². The van der Waals surface area contributed by atoms with Crippen LogP contribution in [0.4, 0.5) is 0 Å². The fraction of sp³-hybridized carbons (Fsp3) is 0.444. The van der Waals surface area contributed by atoms with Crippen LogP contribution in [-0.4, -0.2) is 28.8 Å². The summed E-state index contributed by atoms with van der Waals surface area (Å²) < 4.78 is 7.19. The lowest BCUT2D eigenvalue weighted by Crippen LogP contribution is -2.39. The van der Waals surface area contributed by atoms with Crippen molar-refractivity contribution in [2.24, 2.45) is 12.0 Å². The Morgan fingerprint density at radius 2 is 2.20 bits per heavy atom. The van der Waals surface area contributed by atoms with E-state index in [1.807, 2.05) is 37.0 Å². The van der Waals surface area contributed by atoms with E-state index in [0.29, 0.717) is 13.1 Å². The molecular formula is C18H28IN5O. The fourth-order valence-corrected chi connectivity index (χ4v) is 2.35. The first-order valence-corrected chi connectivity index (χ1v) is 8.28. The second-order valence-corrected chi connectivity index (χ2v) is 5.86. The lowest BCUT2D eigenvalue weighted by Gasteiger charge is -2.12. The standard InChI is InChI=1S/C18H27N5O.HI/c1-5-17-15(13-23(4)22-17)12-21-18(20-11-14(2)3)19-9-8-16-7-6-10-24-16;/h6-7,10,13H,2,5,8-9,11-12H2,1,3-4H3,(H2,19,20,21);1H. The third kappa shape index (κ3) is 7.33. The largest absolute Gasteiger partial charge is 0.469 e. The van der Waals surface area contributed by atoms with Crippen LogP contribution in [0, 0.1) is 0 Å². The van der Waals surface area contributed by atoms with Gasteiger partial charge < -0.3 is 15.1 Å². The summed E-state index contributed by atoms with van der Waals surface area (Å²) in [7, 11) is 1.94. The van der Waals surface area contributed by atoms with Crippen molar-refractivity contribution in [1.29, 1.82) is 0 Å². The Labute approximate surface area is 166 Å². The highest BCUT2D eigenvalue weighted by Gasteiger charge is 2.06. The molecule has 2 N–H and O–H groups in total. The Kier molecular flexibility index (Phi) is 9.33. The molecule has 138 valence electrons. The third-order valence-electron chi connectivity index (χ3n) is 3.54. The van der Waals surface area contributed by atoms with Crippen molar-refractivity contribution in [2.75, 3.05) is 13.1 Å². The van der Waals surface area contributed by atoms with Crippen LogP contribution in [0.25, 0.3) is 0 Å². The van der Waals surface area contributed by atoms with E-state index in [2.05, 4.69) is 34.2 Å². The highest BCUT2D eigenvalue weighted by Crippen LogP contribution is 2.08. The molecule has 0 aliphatic heterocycles. The molecule has 0 aliphatic carbocycles. The minimum atomic E-state index is 0. The Morgan fingerprint density at radius 1 is 1.40 bits per heavy atom. The van der Waals surface area contributed by atoms with Crippen LogP contribution in [0.3, 0.4) is 0 Å². The molecule has 0 saturated carbocycles. The van der Waals surface area contributed by atoms with Crippen molar-refractivity contribution in [2.45, 2.75) is 33.2 Å². The second kappa shape index (κ2) is 11.0. The Balaban J connectivity index is 0.00000312. The average Bonchev–Trinajstić information content (AvgIpc) is 3.18. The van der Waals surface area contributed by atoms with Crippen molar-refractivity contribution in [3.05, 3.63) is 53.8 Å². The highest BCUT2D eigenvalue weighted by atomic mass is 127. The number of hydrogen-bond donors (Lipinski definition) is 2. The zero-order valence-electron chi connectivity index (χ0n) is 15.2. The van der Waals surface area contributed by atoms with E-state index in [1.165, 1.54) is 0 Å². The normalized spacial score (nSPS) is 11.1. The van der Waals surface area contributed by atoms with E-state index in [4.69, 9.17) is 4.42 Å². The van der Waals surface area contributed by atoms with Crippen molar-refractivity contribution < 1.29 is 4.42 Å². The molecule has 2 aromatic rings. The summed E-state index contributed by atoms with van der Waals surface area (Å²) in [6.07, 6.45) is 5.44. The summed E-state index contributed by atoms with van der Waals surface area (Å²) in [4.78, 5) is 4.68. The van der Waals surface area contributed by atoms with Gasteiger partial charge in [0.2, 0.25) is 0 Å². The molecule has 2 rings (SSSR count). The number of aromatic nitrogens is 2. The lowest BCUT2D eigenvalue weighted by molar-refractivity contribution is 0.507. The lowest BCUT2D eigenvalue weighted by atomic mass is 10.2. The van der Waals surface area contributed by atoms with Crippen molar-refractivity contribution in [3.8, 4) is 0 Å². The number of furan rings is 1. The molecule has 25 heavy (non-hydrogen) atoms. The molecule has 0 spiro atoms. The van der Waals surface area contributed by atoms with Gasteiger partial charge in [0, 0.05) is 38.3 Å². The van der Waals surface area contributed by atoms with Crippen LogP contribution in [0.5, 0.6) is 0 Å². The van der Waals surface area contributed by atoms with Crippen LogP contribution < -0.4 is 10.6 Å². The van der Waals surface area contributed by atoms with Crippen LogP contribution >= 0.6 is 24.0 Å². The molecule has 2 aromatic heterocycles. The van der Waals surface area contributed by atoms with E-state index in [1.54, 1.807) is 6.26 Å². The highest BCUT2D eigenvalue weighted by molar-refractivity contribution is 14.0. The molecule has 0 aliphatic rings. The van der Waals surface area contributed by atoms with E-state index in [0.717, 1.165) is 47.9 Å². The van der Waals surface area contributed by atoms with Crippen molar-refractivity contribution >= 4 is 29.9 Å². The average molecular weight is 457 g/mol. The van der Waals surface area contributed by atoms with Gasteiger partial charge >= 0.3 is 0 Å². The Morgan fingerprint density at radius 3 is 2.84 bits per heavy atom. The zero-order chi connectivity index (χ0) is 17.4. The molecule has 0 saturated heterocycles. The van der Waals surface area contributed by atoms with E-state index < -0.39 is 0 Å². The van der Waals surface area contributed by atoms with Crippen LogP contribution in [0.1, 0.15) is 30.9 Å². The minimum Gasteiger partial charge on any atom is -0.469 e. The third-order valence-corrected chi connectivity index (χ3v) is 3.54. The van der Waals surface area contributed by atoms with Crippen molar-refractivity contribution in [3.63, 3.8) is 0 Å². The molecule has 0 aromatic carbocycles. The number of hydrogen-bond acceptors (Lipinski definition) is 3. The van der Waals surface area contributed by atoms with Gasteiger partial charge in [-0.2, -0.15) is 5.10 Å². The van der Waals surface area contributed by atoms with Crippen LogP contribution in [0.15, 0.2) is 46.2 Å². The number of rotatable bonds is 8. The summed E-state index contributed by atoms with van der Waals surface area (Å²) in [5.74, 6) is 1.73. The summed E-state index contributed by atoms with van der Waals surface area (Å²) in [6, 6.07) is 3.88. The maximum atomic E-state index is 5.35. The van der Waals surface area contributed by atoms with E-state index >= 15 is 0 Å². The van der Waals surface area contributed by atoms with Gasteiger partial charge in [0.05, 0.1) is 18.5 Å². The van der Waals surface area contributed by atoms with Crippen LogP contribution in [-0.2, 0) is 26.4 Å². The van der Waals surface area contributed by atoms with Crippen molar-refractivity contribution in [1.82, 2.24) is 20.4 Å². The maximum Gasteiger partial charge on any atom is 0.191 e. The Bertz CT molecular complexity index is 676. The number of aliphatic imine (C=N–C) groups is 1. The van der Waals surface area contributed by atoms with Crippen LogP contribution in [0.2, 0.25) is 0 Å². The second-order valence-electron chi connectivity index (χ2n) is 5.86. The van der Waals surface area contributed by atoms with Gasteiger partial charge in [0.15, 0.2) is 5.96 Å². The molecule has 7 heteroatoms. The number of halogens is 1. The molecule has 2 heterocycles. The number of nitrogens with one attached hydrogen (secondary N) is 2. The number of nitrogens with zero attached hydrogens (tertiary/aromatic N) is 3.